The Labute approximate surface area is 239 Å². The molecule has 4 N–H and O–H groups in total. The SMILES string of the molecule is CN1CCC(c2noc(-c3cnc(Nc4ccc5c(n4)C(C)(C)OB5O)cc3N[C@H](CO)c3ccccc3)n2)CC1. The molecule has 2 aliphatic heterocycles. The van der Waals surface area contributed by atoms with Gasteiger partial charge in [0.05, 0.1) is 35.2 Å². The van der Waals surface area contributed by atoms with Crippen LogP contribution in [0.5, 0.6) is 0 Å². The summed E-state index contributed by atoms with van der Waals surface area (Å²) in [6, 6.07) is 14.8. The number of aliphatic hydroxyl groups excluding tert-OH is 1. The van der Waals surface area contributed by atoms with Gasteiger partial charge in [-0.15, -0.1) is 0 Å². The number of pyridine rings is 2. The number of aromatic nitrogens is 4. The number of hydrogen-bond donors (Lipinski definition) is 4. The number of piperidine rings is 1. The summed E-state index contributed by atoms with van der Waals surface area (Å²) in [6.07, 6.45) is 3.64. The van der Waals surface area contributed by atoms with Gasteiger partial charge in [0, 0.05) is 23.6 Å². The van der Waals surface area contributed by atoms with Crippen LogP contribution in [-0.4, -0.2) is 69.0 Å². The van der Waals surface area contributed by atoms with Crippen LogP contribution < -0.4 is 16.1 Å². The number of aliphatic hydroxyl groups is 1. The lowest BCUT2D eigenvalue weighted by Gasteiger charge is -2.26. The number of nitrogens with zero attached hydrogens (tertiary/aromatic N) is 5. The lowest BCUT2D eigenvalue weighted by atomic mass is 9.80. The van der Waals surface area contributed by atoms with Crippen LogP contribution >= 0.6 is 0 Å². The quantitative estimate of drug-likeness (QED) is 0.238. The fraction of sp³-hybridized carbons (Fsp3) is 0.379. The summed E-state index contributed by atoms with van der Waals surface area (Å²) >= 11 is 0. The summed E-state index contributed by atoms with van der Waals surface area (Å²) in [4.78, 5) is 16.4. The summed E-state index contributed by atoms with van der Waals surface area (Å²) in [6.45, 7) is 5.62. The molecule has 0 aliphatic carbocycles. The highest BCUT2D eigenvalue weighted by Crippen LogP contribution is 2.34. The predicted octanol–water partition coefficient (Wildman–Crippen LogP) is 3.18. The van der Waals surface area contributed by atoms with E-state index in [-0.39, 0.29) is 18.6 Å². The highest BCUT2D eigenvalue weighted by molar-refractivity contribution is 6.61. The van der Waals surface area contributed by atoms with Crippen molar-refractivity contribution in [2.75, 3.05) is 37.4 Å². The van der Waals surface area contributed by atoms with Gasteiger partial charge < -0.3 is 34.8 Å². The van der Waals surface area contributed by atoms with Gasteiger partial charge in [-0.25, -0.2) is 9.97 Å². The van der Waals surface area contributed by atoms with E-state index in [2.05, 4.69) is 32.7 Å². The molecule has 0 unspecified atom stereocenters. The lowest BCUT2D eigenvalue weighted by Crippen LogP contribution is -2.29. The van der Waals surface area contributed by atoms with Crippen LogP contribution in [-0.2, 0) is 10.3 Å². The Balaban J connectivity index is 1.32. The normalized spacial score (nSPS) is 17.8. The van der Waals surface area contributed by atoms with Crippen molar-refractivity contribution in [3.05, 3.63) is 71.8 Å². The van der Waals surface area contributed by atoms with Gasteiger partial charge in [0.15, 0.2) is 5.82 Å². The van der Waals surface area contributed by atoms with E-state index in [1.807, 2.05) is 50.2 Å². The molecule has 1 atom stereocenters. The summed E-state index contributed by atoms with van der Waals surface area (Å²) in [5.41, 5.74) is 2.84. The van der Waals surface area contributed by atoms with E-state index in [0.717, 1.165) is 31.5 Å². The number of likely N-dealkylation sites (tertiary alicyclic amines) is 1. The van der Waals surface area contributed by atoms with E-state index < -0.39 is 12.7 Å². The molecule has 1 fully saturated rings. The number of hydrogen-bond acceptors (Lipinski definition) is 11. The molecule has 6 rings (SSSR count). The molecule has 12 heteroatoms. The van der Waals surface area contributed by atoms with E-state index in [9.17, 15) is 10.1 Å². The number of benzene rings is 1. The van der Waals surface area contributed by atoms with Crippen molar-refractivity contribution in [1.82, 2.24) is 25.0 Å². The van der Waals surface area contributed by atoms with Gasteiger partial charge in [-0.2, -0.15) is 4.98 Å². The minimum atomic E-state index is -1.00. The van der Waals surface area contributed by atoms with Crippen LogP contribution in [0.4, 0.5) is 17.3 Å². The van der Waals surface area contributed by atoms with Crippen LogP contribution in [0.1, 0.15) is 55.7 Å². The monoisotopic (exact) mass is 555 g/mol. The summed E-state index contributed by atoms with van der Waals surface area (Å²) in [7, 11) is 1.12. The molecule has 2 aliphatic rings. The van der Waals surface area contributed by atoms with Gasteiger partial charge in [0.2, 0.25) is 0 Å². The first kappa shape index (κ1) is 27.3. The van der Waals surface area contributed by atoms with E-state index in [4.69, 9.17) is 19.1 Å². The van der Waals surface area contributed by atoms with Crippen molar-refractivity contribution >= 4 is 29.9 Å². The van der Waals surface area contributed by atoms with Crippen molar-refractivity contribution in [2.24, 2.45) is 0 Å². The van der Waals surface area contributed by atoms with Crippen LogP contribution in [0.3, 0.4) is 0 Å². The standard InChI is InChI=1S/C29H34BN7O4/c1-29(2)26-21(30(39)41-29)9-10-24(34-26)33-25-15-22(32-23(17-38)18-7-5-4-6-8-18)20(16-31-25)28-35-27(36-40-28)19-11-13-37(3)14-12-19/h4-10,15-16,19,23,38-39H,11-14,17H2,1-3H3,(H2,31,32,33,34)/t23-/m1/s1. The molecule has 1 saturated heterocycles. The number of rotatable bonds is 8. The lowest BCUT2D eigenvalue weighted by molar-refractivity contribution is 0.0970. The van der Waals surface area contributed by atoms with Crippen LogP contribution in [0.25, 0.3) is 11.5 Å². The summed E-state index contributed by atoms with van der Waals surface area (Å²) in [5, 5.41) is 31.5. The molecule has 0 bridgehead atoms. The third-order valence-corrected chi connectivity index (χ3v) is 7.80. The molecule has 11 nitrogen and oxygen atoms in total. The van der Waals surface area contributed by atoms with Crippen LogP contribution in [0.15, 0.2) is 59.3 Å². The Morgan fingerprint density at radius 3 is 2.63 bits per heavy atom. The fourth-order valence-electron chi connectivity index (χ4n) is 5.45. The van der Waals surface area contributed by atoms with E-state index in [0.29, 0.717) is 45.8 Å². The van der Waals surface area contributed by atoms with Crippen molar-refractivity contribution in [2.45, 2.75) is 44.2 Å². The molecular weight excluding hydrogens is 521 g/mol. The zero-order chi connectivity index (χ0) is 28.6. The van der Waals surface area contributed by atoms with Crippen molar-refractivity contribution < 1.29 is 19.3 Å². The highest BCUT2D eigenvalue weighted by Gasteiger charge is 2.42. The zero-order valence-corrected chi connectivity index (χ0v) is 23.4. The molecular formula is C29H34BN7O4. The Kier molecular flexibility index (Phi) is 7.47. The van der Waals surface area contributed by atoms with Crippen LogP contribution in [0.2, 0.25) is 0 Å². The fourth-order valence-corrected chi connectivity index (χ4v) is 5.45. The average Bonchev–Trinajstić information content (AvgIpc) is 3.55. The van der Waals surface area contributed by atoms with Gasteiger partial charge in [0.25, 0.3) is 5.89 Å². The smallest absolute Gasteiger partial charge is 0.423 e. The predicted molar refractivity (Wildman–Crippen MR) is 156 cm³/mol. The zero-order valence-electron chi connectivity index (χ0n) is 23.4. The van der Waals surface area contributed by atoms with Crippen molar-refractivity contribution in [3.8, 4) is 11.5 Å². The number of nitrogens with one attached hydrogen (secondary N) is 2. The van der Waals surface area contributed by atoms with Gasteiger partial charge in [-0.1, -0.05) is 41.6 Å². The molecule has 41 heavy (non-hydrogen) atoms. The molecule has 0 saturated carbocycles. The van der Waals surface area contributed by atoms with E-state index in [1.54, 1.807) is 18.3 Å². The van der Waals surface area contributed by atoms with Gasteiger partial charge in [-0.05, 0) is 58.5 Å². The maximum atomic E-state index is 10.3. The largest absolute Gasteiger partial charge is 0.493 e. The summed E-state index contributed by atoms with van der Waals surface area (Å²) < 4.78 is 11.4. The molecule has 0 radical (unpaired) electrons. The maximum absolute atomic E-state index is 10.3. The second-order valence-electron chi connectivity index (χ2n) is 11.2. The van der Waals surface area contributed by atoms with Crippen molar-refractivity contribution in [1.29, 1.82) is 0 Å². The molecule has 3 aromatic heterocycles. The Morgan fingerprint density at radius 2 is 1.88 bits per heavy atom. The minimum Gasteiger partial charge on any atom is -0.423 e. The molecule has 0 amide bonds. The topological polar surface area (TPSA) is 142 Å². The molecule has 5 heterocycles. The van der Waals surface area contributed by atoms with Crippen molar-refractivity contribution in [3.63, 3.8) is 0 Å². The third-order valence-electron chi connectivity index (χ3n) is 7.80. The number of anilines is 3. The van der Waals surface area contributed by atoms with E-state index in [1.165, 1.54) is 0 Å². The number of fused-ring (bicyclic) bond motifs is 1. The van der Waals surface area contributed by atoms with E-state index >= 15 is 0 Å². The third kappa shape index (κ3) is 5.69. The molecule has 0 spiro atoms. The van der Waals surface area contributed by atoms with Crippen LogP contribution in [0, 0.1) is 0 Å². The Morgan fingerprint density at radius 1 is 1.10 bits per heavy atom. The highest BCUT2D eigenvalue weighted by atomic mass is 16.5. The maximum Gasteiger partial charge on any atom is 0.493 e. The van der Waals surface area contributed by atoms with Gasteiger partial charge in [0.1, 0.15) is 11.6 Å². The molecule has 212 valence electrons. The molecule has 4 aromatic rings. The first-order valence-corrected chi connectivity index (χ1v) is 13.9. The van der Waals surface area contributed by atoms with Gasteiger partial charge >= 0.3 is 7.12 Å². The Hall–Kier alpha value is -3.84. The second kappa shape index (κ2) is 11.2. The van der Waals surface area contributed by atoms with Gasteiger partial charge in [-0.3, -0.25) is 0 Å². The first-order chi connectivity index (χ1) is 19.8. The summed E-state index contributed by atoms with van der Waals surface area (Å²) in [5.74, 6) is 2.41. The Bertz CT molecular complexity index is 1510. The molecule has 1 aromatic carbocycles. The second-order valence-corrected chi connectivity index (χ2v) is 11.2. The average molecular weight is 555 g/mol. The minimum absolute atomic E-state index is 0.122. The first-order valence-electron chi connectivity index (χ1n) is 13.9.